The summed E-state index contributed by atoms with van der Waals surface area (Å²) in [6.07, 6.45) is 3.75. The second kappa shape index (κ2) is 9.34. The number of hydrogen-bond acceptors (Lipinski definition) is 4. The quantitative estimate of drug-likeness (QED) is 0.483. The molecule has 0 aromatic heterocycles. The summed E-state index contributed by atoms with van der Waals surface area (Å²) in [5.41, 5.74) is 5.01. The van der Waals surface area contributed by atoms with Crippen molar-refractivity contribution in [2.75, 3.05) is 19.8 Å². The highest BCUT2D eigenvalue weighted by Gasteiger charge is 2.29. The third-order valence-corrected chi connectivity index (χ3v) is 2.91. The Morgan fingerprint density at radius 1 is 1.39 bits per heavy atom. The Morgan fingerprint density at radius 3 is 2.61 bits per heavy atom. The number of rotatable bonds is 10. The molecular weight excluding hydrogens is 230 g/mol. The van der Waals surface area contributed by atoms with Gasteiger partial charge in [0.1, 0.15) is 5.54 Å². The van der Waals surface area contributed by atoms with Crippen LogP contribution in [0.2, 0.25) is 0 Å². The minimum Gasteiger partial charge on any atom is -0.465 e. The minimum absolute atomic E-state index is 0.329. The van der Waals surface area contributed by atoms with Crippen molar-refractivity contribution in [1.82, 2.24) is 0 Å². The summed E-state index contributed by atoms with van der Waals surface area (Å²) in [6, 6.07) is 0. The van der Waals surface area contributed by atoms with Gasteiger partial charge in [-0.1, -0.05) is 20.3 Å². The maximum absolute atomic E-state index is 11.5. The molecule has 2 N–H and O–H groups in total. The summed E-state index contributed by atoms with van der Waals surface area (Å²) < 4.78 is 10.5. The highest BCUT2D eigenvalue weighted by molar-refractivity contribution is 5.79. The second-order valence-corrected chi connectivity index (χ2v) is 5.21. The van der Waals surface area contributed by atoms with Crippen LogP contribution in [-0.4, -0.2) is 31.3 Å². The van der Waals surface area contributed by atoms with Gasteiger partial charge in [-0.3, -0.25) is 4.79 Å². The summed E-state index contributed by atoms with van der Waals surface area (Å²) >= 11 is 0. The molecule has 0 aliphatic carbocycles. The van der Waals surface area contributed by atoms with Gasteiger partial charge in [-0.05, 0) is 39.0 Å². The summed E-state index contributed by atoms with van der Waals surface area (Å²) in [6.45, 7) is 9.67. The van der Waals surface area contributed by atoms with Gasteiger partial charge in [0.15, 0.2) is 0 Å². The highest BCUT2D eigenvalue weighted by atomic mass is 16.5. The van der Waals surface area contributed by atoms with Crippen molar-refractivity contribution in [3.8, 4) is 0 Å². The smallest absolute Gasteiger partial charge is 0.325 e. The maximum atomic E-state index is 11.5. The van der Waals surface area contributed by atoms with E-state index in [0.717, 1.165) is 13.0 Å². The monoisotopic (exact) mass is 259 g/mol. The Bertz CT molecular complexity index is 229. The first-order valence-electron chi connectivity index (χ1n) is 6.97. The normalized spacial score (nSPS) is 16.1. The molecule has 2 atom stereocenters. The summed E-state index contributed by atoms with van der Waals surface area (Å²) in [4.78, 5) is 11.5. The average molecular weight is 259 g/mol. The average Bonchev–Trinajstić information content (AvgIpc) is 2.29. The molecule has 0 radical (unpaired) electrons. The Balaban J connectivity index is 3.67. The molecule has 0 aliphatic rings. The topological polar surface area (TPSA) is 61.5 Å². The first-order chi connectivity index (χ1) is 8.44. The SMILES string of the molecule is CCCC(C)COCCCC(C)(N)C(=O)OCC. The van der Waals surface area contributed by atoms with Crippen LogP contribution in [0.4, 0.5) is 0 Å². The molecule has 0 bridgehead atoms. The van der Waals surface area contributed by atoms with E-state index in [4.69, 9.17) is 15.2 Å². The number of carbonyl (C=O) groups is 1. The van der Waals surface area contributed by atoms with Gasteiger partial charge < -0.3 is 15.2 Å². The standard InChI is InChI=1S/C14H29NO3/c1-5-8-12(3)11-17-10-7-9-14(4,15)13(16)18-6-2/h12H,5-11,15H2,1-4H3. The molecule has 0 fully saturated rings. The molecule has 4 heteroatoms. The molecule has 0 saturated carbocycles. The van der Waals surface area contributed by atoms with Crippen molar-refractivity contribution in [2.45, 2.75) is 58.9 Å². The lowest BCUT2D eigenvalue weighted by molar-refractivity contribution is -0.149. The van der Waals surface area contributed by atoms with E-state index in [-0.39, 0.29) is 5.97 Å². The molecule has 18 heavy (non-hydrogen) atoms. The molecule has 4 nitrogen and oxygen atoms in total. The molecule has 108 valence electrons. The Kier molecular flexibility index (Phi) is 9.02. The van der Waals surface area contributed by atoms with Gasteiger partial charge in [0, 0.05) is 13.2 Å². The Morgan fingerprint density at radius 2 is 2.06 bits per heavy atom. The molecular formula is C14H29NO3. The molecule has 0 saturated heterocycles. The van der Waals surface area contributed by atoms with Gasteiger partial charge in [-0.25, -0.2) is 0 Å². The number of nitrogens with two attached hydrogens (primary N) is 1. The van der Waals surface area contributed by atoms with Crippen LogP contribution >= 0.6 is 0 Å². The van der Waals surface area contributed by atoms with Gasteiger partial charge in [-0.15, -0.1) is 0 Å². The van der Waals surface area contributed by atoms with Crippen molar-refractivity contribution in [3.63, 3.8) is 0 Å². The summed E-state index contributed by atoms with van der Waals surface area (Å²) in [5, 5.41) is 0. The fourth-order valence-corrected chi connectivity index (χ4v) is 1.80. The van der Waals surface area contributed by atoms with Crippen LogP contribution in [0, 0.1) is 5.92 Å². The van der Waals surface area contributed by atoms with E-state index >= 15 is 0 Å². The molecule has 0 aromatic carbocycles. The third kappa shape index (κ3) is 7.67. The molecule has 0 aliphatic heterocycles. The summed E-state index contributed by atoms with van der Waals surface area (Å²) in [5.74, 6) is 0.272. The number of hydrogen-bond donors (Lipinski definition) is 1. The second-order valence-electron chi connectivity index (χ2n) is 5.21. The van der Waals surface area contributed by atoms with Crippen LogP contribution in [0.3, 0.4) is 0 Å². The predicted octanol–water partition coefficient (Wildman–Crippen LogP) is 2.50. The van der Waals surface area contributed by atoms with Crippen LogP contribution < -0.4 is 5.73 Å². The molecule has 0 heterocycles. The molecule has 0 aromatic rings. The zero-order valence-corrected chi connectivity index (χ0v) is 12.3. The van der Waals surface area contributed by atoms with Crippen molar-refractivity contribution in [1.29, 1.82) is 0 Å². The zero-order chi connectivity index (χ0) is 14.0. The van der Waals surface area contributed by atoms with E-state index in [2.05, 4.69) is 13.8 Å². The molecule has 2 unspecified atom stereocenters. The van der Waals surface area contributed by atoms with Gasteiger partial charge in [0.05, 0.1) is 6.61 Å². The van der Waals surface area contributed by atoms with Crippen LogP contribution in [0.1, 0.15) is 53.4 Å². The van der Waals surface area contributed by atoms with Gasteiger partial charge in [0.25, 0.3) is 0 Å². The Labute approximate surface area is 111 Å². The molecule has 0 rings (SSSR count). The zero-order valence-electron chi connectivity index (χ0n) is 12.3. The van der Waals surface area contributed by atoms with Crippen LogP contribution in [0.5, 0.6) is 0 Å². The lowest BCUT2D eigenvalue weighted by Crippen LogP contribution is -2.46. The van der Waals surface area contributed by atoms with Crippen molar-refractivity contribution >= 4 is 5.97 Å². The van der Waals surface area contributed by atoms with E-state index < -0.39 is 5.54 Å². The Hall–Kier alpha value is -0.610. The fourth-order valence-electron chi connectivity index (χ4n) is 1.80. The van der Waals surface area contributed by atoms with Crippen molar-refractivity contribution < 1.29 is 14.3 Å². The largest absolute Gasteiger partial charge is 0.465 e. The predicted molar refractivity (Wildman–Crippen MR) is 73.4 cm³/mol. The minimum atomic E-state index is -0.894. The van der Waals surface area contributed by atoms with Crippen molar-refractivity contribution in [2.24, 2.45) is 11.7 Å². The molecule has 0 spiro atoms. The van der Waals surface area contributed by atoms with Gasteiger partial charge in [0.2, 0.25) is 0 Å². The number of ether oxygens (including phenoxy) is 2. The fraction of sp³-hybridized carbons (Fsp3) is 0.929. The highest BCUT2D eigenvalue weighted by Crippen LogP contribution is 2.12. The lowest BCUT2D eigenvalue weighted by Gasteiger charge is -2.22. The third-order valence-electron chi connectivity index (χ3n) is 2.91. The van der Waals surface area contributed by atoms with E-state index in [9.17, 15) is 4.79 Å². The van der Waals surface area contributed by atoms with E-state index in [0.29, 0.717) is 25.6 Å². The first kappa shape index (κ1) is 17.4. The van der Waals surface area contributed by atoms with Gasteiger partial charge >= 0.3 is 5.97 Å². The van der Waals surface area contributed by atoms with Crippen LogP contribution in [0.15, 0.2) is 0 Å². The molecule has 0 amide bonds. The van der Waals surface area contributed by atoms with E-state index in [1.54, 1.807) is 13.8 Å². The van der Waals surface area contributed by atoms with Crippen LogP contribution in [0.25, 0.3) is 0 Å². The maximum Gasteiger partial charge on any atom is 0.325 e. The first-order valence-corrected chi connectivity index (χ1v) is 6.97. The van der Waals surface area contributed by atoms with E-state index in [1.807, 2.05) is 0 Å². The van der Waals surface area contributed by atoms with Crippen molar-refractivity contribution in [3.05, 3.63) is 0 Å². The van der Waals surface area contributed by atoms with Gasteiger partial charge in [-0.2, -0.15) is 0 Å². The number of esters is 1. The summed E-state index contributed by atoms with van der Waals surface area (Å²) in [7, 11) is 0. The number of carbonyl (C=O) groups excluding carboxylic acids is 1. The lowest BCUT2D eigenvalue weighted by atomic mass is 9.98. The van der Waals surface area contributed by atoms with Crippen LogP contribution in [-0.2, 0) is 14.3 Å². The van der Waals surface area contributed by atoms with E-state index in [1.165, 1.54) is 12.8 Å².